The smallest absolute Gasteiger partial charge is 0.350 e. The summed E-state index contributed by atoms with van der Waals surface area (Å²) < 4.78 is 11.2. The molecule has 1 saturated carbocycles. The lowest BCUT2D eigenvalue weighted by atomic mass is 9.94. The van der Waals surface area contributed by atoms with Gasteiger partial charge in [0.2, 0.25) is 0 Å². The number of aromatic nitrogens is 1. The fourth-order valence-electron chi connectivity index (χ4n) is 3.15. The molecule has 2 aromatic rings. The van der Waals surface area contributed by atoms with Gasteiger partial charge < -0.3 is 9.47 Å². The number of carbonyl (C=O) groups is 1. The van der Waals surface area contributed by atoms with Gasteiger partial charge in [0.25, 0.3) is 0 Å². The molecule has 1 aromatic carbocycles. The maximum Gasteiger partial charge on any atom is 0.350 e. The zero-order chi connectivity index (χ0) is 16.9. The first-order chi connectivity index (χ1) is 11.7. The lowest BCUT2D eigenvalue weighted by Crippen LogP contribution is -2.35. The summed E-state index contributed by atoms with van der Waals surface area (Å²) in [7, 11) is 1.69. The molecule has 1 fully saturated rings. The van der Waals surface area contributed by atoms with Crippen molar-refractivity contribution < 1.29 is 14.3 Å². The van der Waals surface area contributed by atoms with E-state index in [9.17, 15) is 4.79 Å². The van der Waals surface area contributed by atoms with Crippen molar-refractivity contribution in [2.45, 2.75) is 51.2 Å². The molecular weight excluding hydrogens is 322 g/mol. The lowest BCUT2D eigenvalue weighted by molar-refractivity contribution is -0.0537. The summed E-state index contributed by atoms with van der Waals surface area (Å²) in [4.78, 5) is 17.7. The summed E-state index contributed by atoms with van der Waals surface area (Å²) in [6, 6.07) is 10.2. The number of aryl methyl sites for hydroxylation is 1. The van der Waals surface area contributed by atoms with E-state index in [0.29, 0.717) is 4.88 Å². The van der Waals surface area contributed by atoms with Crippen LogP contribution in [-0.2, 0) is 15.9 Å². The molecule has 0 saturated heterocycles. The summed E-state index contributed by atoms with van der Waals surface area (Å²) in [5.74, 6) is -0.265. The highest BCUT2D eigenvalue weighted by atomic mass is 32.1. The van der Waals surface area contributed by atoms with Gasteiger partial charge in [0, 0.05) is 13.5 Å². The summed E-state index contributed by atoms with van der Waals surface area (Å²) in [5, 5.41) is 0.942. The first-order valence-corrected chi connectivity index (χ1v) is 9.23. The molecule has 0 aliphatic heterocycles. The Morgan fingerprint density at radius 2 is 1.92 bits per heavy atom. The highest BCUT2D eigenvalue weighted by Crippen LogP contribution is 2.27. The highest BCUT2D eigenvalue weighted by Gasteiger charge is 2.29. The second-order valence-electron chi connectivity index (χ2n) is 6.19. The van der Waals surface area contributed by atoms with E-state index in [1.807, 2.05) is 25.1 Å². The van der Waals surface area contributed by atoms with Gasteiger partial charge >= 0.3 is 5.97 Å². The zero-order valence-corrected chi connectivity index (χ0v) is 15.0. The van der Waals surface area contributed by atoms with Crippen LogP contribution in [0.1, 0.15) is 51.6 Å². The molecule has 5 heteroatoms. The predicted molar refractivity (Wildman–Crippen MR) is 94.6 cm³/mol. The fraction of sp³-hybridized carbons (Fsp3) is 0.474. The Kier molecular flexibility index (Phi) is 5.63. The average molecular weight is 345 g/mol. The molecule has 1 aliphatic rings. The minimum Gasteiger partial charge on any atom is -0.455 e. The van der Waals surface area contributed by atoms with Gasteiger partial charge in [0.05, 0.1) is 16.8 Å². The van der Waals surface area contributed by atoms with Crippen LogP contribution in [0, 0.1) is 6.92 Å². The van der Waals surface area contributed by atoms with Crippen molar-refractivity contribution in [2.75, 3.05) is 7.11 Å². The number of rotatable bonds is 5. The average Bonchev–Trinajstić information content (AvgIpc) is 2.96. The molecule has 1 heterocycles. The normalized spacial score (nSPS) is 20.8. The van der Waals surface area contributed by atoms with Crippen molar-refractivity contribution in [3.8, 4) is 0 Å². The number of thiazole rings is 1. The second kappa shape index (κ2) is 7.90. The topological polar surface area (TPSA) is 48.4 Å². The van der Waals surface area contributed by atoms with Crippen LogP contribution in [0.4, 0.5) is 0 Å². The Hall–Kier alpha value is -1.72. The Balaban J connectivity index is 1.68. The number of hydrogen-bond acceptors (Lipinski definition) is 5. The molecule has 0 spiro atoms. The number of esters is 1. The number of hydrogen-bond donors (Lipinski definition) is 0. The molecule has 0 bridgehead atoms. The summed E-state index contributed by atoms with van der Waals surface area (Å²) in [6.07, 6.45) is 4.65. The van der Waals surface area contributed by atoms with E-state index >= 15 is 0 Å². The molecule has 0 unspecified atom stereocenters. The number of benzene rings is 1. The van der Waals surface area contributed by atoms with E-state index < -0.39 is 0 Å². The van der Waals surface area contributed by atoms with Gasteiger partial charge in [-0.05, 0) is 31.7 Å². The van der Waals surface area contributed by atoms with Crippen molar-refractivity contribution in [1.82, 2.24) is 4.98 Å². The maximum atomic E-state index is 12.6. The minimum absolute atomic E-state index is 0.0136. The van der Waals surface area contributed by atoms with Gasteiger partial charge in [-0.2, -0.15) is 0 Å². The van der Waals surface area contributed by atoms with E-state index in [4.69, 9.17) is 9.47 Å². The Morgan fingerprint density at radius 3 is 2.62 bits per heavy atom. The summed E-state index contributed by atoms with van der Waals surface area (Å²) in [6.45, 7) is 1.87. The number of carbonyl (C=O) groups excluding carboxylic acids is 1. The second-order valence-corrected chi connectivity index (χ2v) is 7.27. The quantitative estimate of drug-likeness (QED) is 0.764. The Bertz CT molecular complexity index is 683. The molecule has 24 heavy (non-hydrogen) atoms. The van der Waals surface area contributed by atoms with Crippen LogP contribution in [0.3, 0.4) is 0 Å². The van der Waals surface area contributed by atoms with Crippen LogP contribution in [0.2, 0.25) is 0 Å². The SMILES string of the molecule is CO[C@H]1CCCC[C@@H]1OC(=O)c1sc(Cc2ccccc2)nc1C. The molecule has 0 amide bonds. The van der Waals surface area contributed by atoms with Gasteiger partial charge in [0.15, 0.2) is 0 Å². The third kappa shape index (κ3) is 4.02. The largest absolute Gasteiger partial charge is 0.455 e. The monoisotopic (exact) mass is 345 g/mol. The first kappa shape index (κ1) is 17.1. The minimum atomic E-state index is -0.265. The van der Waals surface area contributed by atoms with Gasteiger partial charge in [-0.25, -0.2) is 9.78 Å². The van der Waals surface area contributed by atoms with Gasteiger partial charge in [-0.1, -0.05) is 36.8 Å². The van der Waals surface area contributed by atoms with Crippen molar-refractivity contribution in [1.29, 1.82) is 0 Å². The number of ether oxygens (including phenoxy) is 2. The molecule has 1 aromatic heterocycles. The predicted octanol–water partition coefficient (Wildman–Crippen LogP) is 4.16. The van der Waals surface area contributed by atoms with Crippen molar-refractivity contribution in [2.24, 2.45) is 0 Å². The van der Waals surface area contributed by atoms with Gasteiger partial charge in [0.1, 0.15) is 11.0 Å². The van der Waals surface area contributed by atoms with Crippen LogP contribution in [-0.4, -0.2) is 30.3 Å². The molecular formula is C19H23NO3S. The fourth-order valence-corrected chi connectivity index (χ4v) is 4.13. The Morgan fingerprint density at radius 1 is 1.21 bits per heavy atom. The Labute approximate surface area is 146 Å². The van der Waals surface area contributed by atoms with E-state index in [-0.39, 0.29) is 18.2 Å². The molecule has 0 radical (unpaired) electrons. The van der Waals surface area contributed by atoms with Crippen molar-refractivity contribution >= 4 is 17.3 Å². The van der Waals surface area contributed by atoms with E-state index in [1.165, 1.54) is 16.9 Å². The summed E-state index contributed by atoms with van der Waals surface area (Å²) in [5.41, 5.74) is 1.94. The first-order valence-electron chi connectivity index (χ1n) is 8.41. The molecule has 0 N–H and O–H groups in total. The highest BCUT2D eigenvalue weighted by molar-refractivity contribution is 7.13. The van der Waals surface area contributed by atoms with E-state index in [0.717, 1.165) is 42.8 Å². The number of methoxy groups -OCH3 is 1. The van der Waals surface area contributed by atoms with E-state index in [2.05, 4.69) is 17.1 Å². The van der Waals surface area contributed by atoms with Crippen LogP contribution >= 0.6 is 11.3 Å². The van der Waals surface area contributed by atoms with Crippen molar-refractivity contribution in [3.63, 3.8) is 0 Å². The van der Waals surface area contributed by atoms with Crippen LogP contribution in [0.25, 0.3) is 0 Å². The van der Waals surface area contributed by atoms with Crippen molar-refractivity contribution in [3.05, 3.63) is 51.5 Å². The zero-order valence-electron chi connectivity index (χ0n) is 14.2. The summed E-state index contributed by atoms with van der Waals surface area (Å²) >= 11 is 1.43. The van der Waals surface area contributed by atoms with Gasteiger partial charge in [-0.3, -0.25) is 0 Å². The third-order valence-corrected chi connectivity index (χ3v) is 5.57. The third-order valence-electron chi connectivity index (χ3n) is 4.43. The molecule has 4 nitrogen and oxygen atoms in total. The molecule has 3 rings (SSSR count). The molecule has 2 atom stereocenters. The maximum absolute atomic E-state index is 12.6. The molecule has 1 aliphatic carbocycles. The molecule has 128 valence electrons. The lowest BCUT2D eigenvalue weighted by Gasteiger charge is -2.29. The standard InChI is InChI=1S/C19H23NO3S/c1-13-18(19(21)23-16-11-7-6-10-15(16)22-2)24-17(20-13)12-14-8-4-3-5-9-14/h3-5,8-9,15-16H,6-7,10-12H2,1-2H3/t15-,16-/m0/s1. The number of nitrogens with zero attached hydrogens (tertiary/aromatic N) is 1. The van der Waals surface area contributed by atoms with Crippen LogP contribution in [0.5, 0.6) is 0 Å². The van der Waals surface area contributed by atoms with Crippen LogP contribution < -0.4 is 0 Å². The van der Waals surface area contributed by atoms with E-state index in [1.54, 1.807) is 7.11 Å². The van der Waals surface area contributed by atoms with Crippen LogP contribution in [0.15, 0.2) is 30.3 Å². The van der Waals surface area contributed by atoms with Gasteiger partial charge in [-0.15, -0.1) is 11.3 Å².